The second kappa shape index (κ2) is 2.46. The van der Waals surface area contributed by atoms with Gasteiger partial charge in [-0.3, -0.25) is 10.1 Å². The Morgan fingerprint density at radius 2 is 2.09 bits per heavy atom. The number of sulfone groups is 1. The molecule has 62 valence electrons. The van der Waals surface area contributed by atoms with Gasteiger partial charge in [-0.15, -0.1) is 0 Å². The zero-order chi connectivity index (χ0) is 8.65. The summed E-state index contributed by atoms with van der Waals surface area (Å²) in [6, 6.07) is 0. The van der Waals surface area contributed by atoms with Gasteiger partial charge in [0.1, 0.15) is 5.03 Å². The Labute approximate surface area is 67.7 Å². The molecule has 0 N–H and O–H groups in total. The van der Waals surface area contributed by atoms with Crippen molar-refractivity contribution in [3.8, 4) is 0 Å². The highest BCUT2D eigenvalue weighted by molar-refractivity contribution is 7.95. The van der Waals surface area contributed by atoms with Crippen LogP contribution in [0, 0.1) is 10.1 Å². The van der Waals surface area contributed by atoms with Crippen LogP contribution in [-0.2, 0) is 9.84 Å². The van der Waals surface area contributed by atoms with Crippen LogP contribution in [0.5, 0.6) is 0 Å². The minimum Gasteiger partial charge on any atom is -0.258 e. The minimum atomic E-state index is -3.69. The summed E-state index contributed by atoms with van der Waals surface area (Å²) in [6.07, 6.45) is 0.0558. The molecular weight excluding hydrogens is 194 g/mol. The van der Waals surface area contributed by atoms with E-state index < -0.39 is 19.8 Å². The molecule has 0 aromatic carbocycles. The first kappa shape index (κ1) is 8.48. The highest BCUT2D eigenvalue weighted by Gasteiger charge is 2.38. The first-order chi connectivity index (χ1) is 4.95. The summed E-state index contributed by atoms with van der Waals surface area (Å²) in [4.78, 5) is 9.16. The third kappa shape index (κ3) is 1.36. The zero-order valence-electron chi connectivity index (χ0n) is 5.28. The van der Waals surface area contributed by atoms with Gasteiger partial charge in [-0.05, 0) is 0 Å². The molecule has 0 radical (unpaired) electrons. The van der Waals surface area contributed by atoms with Crippen molar-refractivity contribution in [1.29, 1.82) is 0 Å². The fraction of sp³-hybridized carbons (Fsp3) is 0.500. The highest BCUT2D eigenvalue weighted by Crippen LogP contribution is 2.28. The summed E-state index contributed by atoms with van der Waals surface area (Å²) in [5.41, 5.74) is 0. The number of halogens is 1. The summed E-state index contributed by atoms with van der Waals surface area (Å²) >= 11 is 5.32. The van der Waals surface area contributed by atoms with Gasteiger partial charge in [0.2, 0.25) is 9.84 Å². The fourth-order valence-corrected chi connectivity index (χ4v) is 2.77. The van der Waals surface area contributed by atoms with Gasteiger partial charge in [-0.2, -0.15) is 0 Å². The molecule has 0 saturated heterocycles. The molecule has 0 fully saturated rings. The van der Waals surface area contributed by atoms with E-state index in [1.165, 1.54) is 0 Å². The van der Waals surface area contributed by atoms with Gasteiger partial charge in [-0.1, -0.05) is 11.6 Å². The summed E-state index contributed by atoms with van der Waals surface area (Å²) < 4.78 is 21.7. The summed E-state index contributed by atoms with van der Waals surface area (Å²) in [6.45, 7) is 0. The van der Waals surface area contributed by atoms with Gasteiger partial charge in [0, 0.05) is 6.42 Å². The van der Waals surface area contributed by atoms with Gasteiger partial charge in [0.15, 0.2) is 0 Å². The first-order valence-electron chi connectivity index (χ1n) is 2.71. The molecule has 0 amide bonds. The van der Waals surface area contributed by atoms with Gasteiger partial charge >= 0.3 is 5.03 Å². The molecule has 0 bridgehead atoms. The van der Waals surface area contributed by atoms with Crippen LogP contribution in [-0.4, -0.2) is 19.1 Å². The van der Waals surface area contributed by atoms with Gasteiger partial charge < -0.3 is 0 Å². The largest absolute Gasteiger partial charge is 0.373 e. The van der Waals surface area contributed by atoms with E-state index in [1.807, 2.05) is 0 Å². The molecule has 5 nitrogen and oxygen atoms in total. The lowest BCUT2D eigenvalue weighted by Crippen LogP contribution is -2.09. The molecule has 0 saturated carbocycles. The van der Waals surface area contributed by atoms with Crippen molar-refractivity contribution in [2.24, 2.45) is 0 Å². The number of rotatable bonds is 1. The molecule has 0 spiro atoms. The molecule has 1 heterocycles. The maximum atomic E-state index is 10.8. The van der Waals surface area contributed by atoms with Gasteiger partial charge in [0.25, 0.3) is 0 Å². The Bertz CT molecular complexity index is 330. The third-order valence-electron chi connectivity index (χ3n) is 1.28. The smallest absolute Gasteiger partial charge is 0.258 e. The minimum absolute atomic E-state index is 0.0558. The lowest BCUT2D eigenvalue weighted by molar-refractivity contribution is -0.411. The van der Waals surface area contributed by atoms with Crippen molar-refractivity contribution in [2.45, 2.75) is 6.42 Å². The molecule has 0 aromatic heterocycles. The lowest BCUT2D eigenvalue weighted by atomic mass is 10.5. The zero-order valence-corrected chi connectivity index (χ0v) is 6.85. The van der Waals surface area contributed by atoms with E-state index in [1.54, 1.807) is 0 Å². The molecule has 0 aliphatic carbocycles. The first-order valence-corrected chi connectivity index (χ1v) is 4.74. The molecular formula is C4H4ClNO4S. The summed E-state index contributed by atoms with van der Waals surface area (Å²) in [7, 11) is -3.69. The molecule has 7 heteroatoms. The van der Waals surface area contributed by atoms with Gasteiger partial charge in [0.05, 0.1) is 10.7 Å². The summed E-state index contributed by atoms with van der Waals surface area (Å²) in [5.74, 6) is -0.248. The van der Waals surface area contributed by atoms with Crippen LogP contribution in [0.4, 0.5) is 0 Å². The monoisotopic (exact) mass is 197 g/mol. The van der Waals surface area contributed by atoms with E-state index in [0.29, 0.717) is 0 Å². The maximum absolute atomic E-state index is 10.8. The van der Waals surface area contributed by atoms with Crippen LogP contribution < -0.4 is 0 Å². The van der Waals surface area contributed by atoms with Crippen LogP contribution >= 0.6 is 11.6 Å². The molecule has 1 rings (SSSR count). The predicted molar refractivity (Wildman–Crippen MR) is 38.3 cm³/mol. The quantitative estimate of drug-likeness (QED) is 0.453. The van der Waals surface area contributed by atoms with Crippen molar-refractivity contribution in [1.82, 2.24) is 0 Å². The van der Waals surface area contributed by atoms with E-state index >= 15 is 0 Å². The number of nitrogens with zero attached hydrogens (tertiary/aromatic N) is 1. The van der Waals surface area contributed by atoms with E-state index in [0.717, 1.165) is 0 Å². The predicted octanol–water partition coefficient (Wildman–Crippen LogP) is 0.489. The van der Waals surface area contributed by atoms with Gasteiger partial charge in [-0.25, -0.2) is 8.42 Å². The highest BCUT2D eigenvalue weighted by atomic mass is 35.5. The van der Waals surface area contributed by atoms with E-state index in [9.17, 15) is 18.5 Å². The lowest BCUT2D eigenvalue weighted by Gasteiger charge is -1.89. The Balaban J connectivity index is 3.26. The van der Waals surface area contributed by atoms with E-state index in [-0.39, 0.29) is 17.2 Å². The number of nitro groups is 1. The standard InChI is InChI=1S/C4H4ClNO4S/c5-3-1-2-11(9,10)4(3)6(7)8/h1-2H2. The van der Waals surface area contributed by atoms with Crippen LogP contribution in [0.2, 0.25) is 0 Å². The Kier molecular flexibility index (Phi) is 1.89. The van der Waals surface area contributed by atoms with Crippen LogP contribution in [0.1, 0.15) is 6.42 Å². The van der Waals surface area contributed by atoms with E-state index in [4.69, 9.17) is 11.6 Å². The van der Waals surface area contributed by atoms with Crippen LogP contribution in [0.15, 0.2) is 10.1 Å². The topological polar surface area (TPSA) is 77.3 Å². The summed E-state index contributed by atoms with van der Waals surface area (Å²) in [5, 5.41) is 9.11. The molecule has 1 aliphatic heterocycles. The van der Waals surface area contributed by atoms with Crippen molar-refractivity contribution < 1.29 is 13.3 Å². The normalized spacial score (nSPS) is 22.3. The average Bonchev–Trinajstić information content (AvgIpc) is 2.06. The number of hydrogen-bond donors (Lipinski definition) is 0. The van der Waals surface area contributed by atoms with Crippen molar-refractivity contribution in [3.05, 3.63) is 20.2 Å². The average molecular weight is 198 g/mol. The van der Waals surface area contributed by atoms with Crippen molar-refractivity contribution >= 4 is 21.4 Å². The second-order valence-corrected chi connectivity index (χ2v) is 4.52. The van der Waals surface area contributed by atoms with Crippen LogP contribution in [0.25, 0.3) is 0 Å². The molecule has 1 aliphatic rings. The molecule has 0 aromatic rings. The Morgan fingerprint density at radius 1 is 1.55 bits per heavy atom. The van der Waals surface area contributed by atoms with Crippen molar-refractivity contribution in [2.75, 3.05) is 5.75 Å². The van der Waals surface area contributed by atoms with E-state index in [2.05, 4.69) is 0 Å². The SMILES string of the molecule is O=[N+]([O-])C1=C(Cl)CCS1(=O)=O. The molecule has 0 unspecified atom stereocenters. The molecule has 11 heavy (non-hydrogen) atoms. The Hall–Kier alpha value is -0.620. The third-order valence-corrected chi connectivity index (χ3v) is 3.49. The number of allylic oxidation sites excluding steroid dienone is 1. The molecule has 0 atom stereocenters. The maximum Gasteiger partial charge on any atom is 0.373 e. The fourth-order valence-electron chi connectivity index (χ4n) is 0.809. The second-order valence-electron chi connectivity index (χ2n) is 2.04. The Morgan fingerprint density at radius 3 is 2.27 bits per heavy atom. The van der Waals surface area contributed by atoms with Crippen molar-refractivity contribution in [3.63, 3.8) is 0 Å². The van der Waals surface area contributed by atoms with Crippen LogP contribution in [0.3, 0.4) is 0 Å². The number of hydrogen-bond acceptors (Lipinski definition) is 4.